The number of alkyl halides is 1. The molecule has 0 amide bonds. The van der Waals surface area contributed by atoms with Gasteiger partial charge in [0.25, 0.3) is 0 Å². The molecule has 1 aliphatic carbocycles. The van der Waals surface area contributed by atoms with Crippen LogP contribution in [0.15, 0.2) is 0 Å². The fourth-order valence-electron chi connectivity index (χ4n) is 2.28. The number of hydrogen-bond acceptors (Lipinski definition) is 2. The monoisotopic (exact) mass is 338 g/mol. The molecule has 1 fully saturated rings. The Kier molecular flexibility index (Phi) is 5.54. The molecular weight excluding hydrogens is 315 g/mol. The molecule has 0 spiro atoms. The van der Waals surface area contributed by atoms with Gasteiger partial charge in [-0.3, -0.25) is 4.79 Å². The van der Waals surface area contributed by atoms with E-state index >= 15 is 0 Å². The topological polar surface area (TPSA) is 26.3 Å². The summed E-state index contributed by atoms with van der Waals surface area (Å²) in [4.78, 5) is 12.0. The summed E-state index contributed by atoms with van der Waals surface area (Å²) in [6.07, 6.45) is 6.90. The molecule has 1 unspecified atom stereocenters. The van der Waals surface area contributed by atoms with Crippen LogP contribution in [-0.2, 0) is 9.53 Å². The first kappa shape index (κ1) is 14.3. The summed E-state index contributed by atoms with van der Waals surface area (Å²) in [5.41, 5.74) is -0.335. The summed E-state index contributed by atoms with van der Waals surface area (Å²) in [6.45, 7) is 6.12. The second kappa shape index (κ2) is 6.22. The van der Waals surface area contributed by atoms with Crippen molar-refractivity contribution in [1.29, 1.82) is 0 Å². The Labute approximate surface area is 113 Å². The van der Waals surface area contributed by atoms with Gasteiger partial charge in [0.05, 0.1) is 5.41 Å². The molecule has 0 bridgehead atoms. The first-order valence-corrected chi connectivity index (χ1v) is 7.51. The minimum Gasteiger partial charge on any atom is -0.462 e. The minimum atomic E-state index is -0.335. The highest BCUT2D eigenvalue weighted by atomic mass is 127. The van der Waals surface area contributed by atoms with Crippen LogP contribution < -0.4 is 0 Å². The highest BCUT2D eigenvalue weighted by Gasteiger charge is 2.32. The Balaban J connectivity index is 2.43. The van der Waals surface area contributed by atoms with E-state index < -0.39 is 0 Å². The molecular formula is C13H23IO2. The van der Waals surface area contributed by atoms with Gasteiger partial charge in [0.1, 0.15) is 6.10 Å². The van der Waals surface area contributed by atoms with Crippen molar-refractivity contribution in [2.45, 2.75) is 69.3 Å². The van der Waals surface area contributed by atoms with E-state index in [9.17, 15) is 4.79 Å². The van der Waals surface area contributed by atoms with E-state index in [1.165, 1.54) is 19.3 Å². The Hall–Kier alpha value is 0.200. The summed E-state index contributed by atoms with van der Waals surface area (Å²) >= 11 is 2.36. The van der Waals surface area contributed by atoms with Crippen molar-refractivity contribution in [3.8, 4) is 0 Å². The molecule has 0 aromatic heterocycles. The van der Waals surface area contributed by atoms with E-state index in [0.717, 1.165) is 19.3 Å². The van der Waals surface area contributed by atoms with Crippen LogP contribution in [0.5, 0.6) is 0 Å². The Morgan fingerprint density at radius 1 is 1.38 bits per heavy atom. The van der Waals surface area contributed by atoms with Gasteiger partial charge in [-0.15, -0.1) is 0 Å². The predicted molar refractivity (Wildman–Crippen MR) is 74.8 cm³/mol. The van der Waals surface area contributed by atoms with Crippen LogP contribution in [0, 0.1) is 5.41 Å². The van der Waals surface area contributed by atoms with E-state index in [1.807, 2.05) is 13.8 Å². The van der Waals surface area contributed by atoms with Crippen molar-refractivity contribution >= 4 is 28.6 Å². The molecule has 0 aliphatic heterocycles. The summed E-state index contributed by atoms with van der Waals surface area (Å²) in [7, 11) is 0. The SMILES string of the molecule is CC(I)CC(C)(C)C(=O)OC1CCCCC1. The third-order valence-corrected chi connectivity index (χ3v) is 3.61. The second-order valence-corrected chi connectivity index (χ2v) is 7.66. The maximum absolute atomic E-state index is 12.0. The number of hydrogen-bond donors (Lipinski definition) is 0. The van der Waals surface area contributed by atoms with Gasteiger partial charge in [-0.2, -0.15) is 0 Å². The van der Waals surface area contributed by atoms with E-state index in [2.05, 4.69) is 29.5 Å². The van der Waals surface area contributed by atoms with Crippen LogP contribution in [0.4, 0.5) is 0 Å². The third-order valence-electron chi connectivity index (χ3n) is 3.17. The highest BCUT2D eigenvalue weighted by Crippen LogP contribution is 2.30. The normalized spacial score (nSPS) is 20.5. The van der Waals surface area contributed by atoms with Crippen molar-refractivity contribution in [1.82, 2.24) is 0 Å². The molecule has 0 N–H and O–H groups in total. The molecule has 94 valence electrons. The number of rotatable bonds is 4. The van der Waals surface area contributed by atoms with Gasteiger partial charge in [0, 0.05) is 3.92 Å². The van der Waals surface area contributed by atoms with Crippen LogP contribution in [0.2, 0.25) is 0 Å². The molecule has 1 aliphatic rings. The molecule has 0 saturated heterocycles. The zero-order valence-electron chi connectivity index (χ0n) is 10.6. The Bertz CT molecular complexity index is 230. The van der Waals surface area contributed by atoms with Crippen molar-refractivity contribution in [3.63, 3.8) is 0 Å². The van der Waals surface area contributed by atoms with E-state index in [1.54, 1.807) is 0 Å². The van der Waals surface area contributed by atoms with Crippen molar-refractivity contribution < 1.29 is 9.53 Å². The largest absolute Gasteiger partial charge is 0.462 e. The lowest BCUT2D eigenvalue weighted by atomic mass is 9.88. The first-order valence-electron chi connectivity index (χ1n) is 6.27. The van der Waals surface area contributed by atoms with Gasteiger partial charge in [0.15, 0.2) is 0 Å². The third kappa shape index (κ3) is 4.60. The van der Waals surface area contributed by atoms with E-state index in [0.29, 0.717) is 3.92 Å². The Morgan fingerprint density at radius 2 is 1.94 bits per heavy atom. The molecule has 1 saturated carbocycles. The van der Waals surface area contributed by atoms with Gasteiger partial charge >= 0.3 is 5.97 Å². The van der Waals surface area contributed by atoms with Crippen molar-refractivity contribution in [2.75, 3.05) is 0 Å². The number of carbonyl (C=O) groups is 1. The smallest absolute Gasteiger partial charge is 0.311 e. The van der Waals surface area contributed by atoms with Crippen LogP contribution in [-0.4, -0.2) is 16.0 Å². The lowest BCUT2D eigenvalue weighted by Crippen LogP contribution is -2.33. The maximum atomic E-state index is 12.0. The van der Waals surface area contributed by atoms with Crippen molar-refractivity contribution in [3.05, 3.63) is 0 Å². The first-order chi connectivity index (χ1) is 7.42. The number of halogens is 1. The number of carbonyl (C=O) groups excluding carboxylic acids is 1. The van der Waals surface area contributed by atoms with Gasteiger partial charge < -0.3 is 4.74 Å². The molecule has 1 atom stereocenters. The molecule has 0 heterocycles. The molecule has 3 heteroatoms. The summed E-state index contributed by atoms with van der Waals surface area (Å²) in [6, 6.07) is 0. The van der Waals surface area contributed by atoms with E-state index in [-0.39, 0.29) is 17.5 Å². The lowest BCUT2D eigenvalue weighted by Gasteiger charge is -2.29. The summed E-state index contributed by atoms with van der Waals surface area (Å²) in [5.74, 6) is -0.0112. The predicted octanol–water partition coefficient (Wildman–Crippen LogP) is 4.10. The van der Waals surface area contributed by atoms with E-state index in [4.69, 9.17) is 4.74 Å². The average molecular weight is 338 g/mol. The zero-order valence-corrected chi connectivity index (χ0v) is 12.7. The number of ether oxygens (including phenoxy) is 1. The Morgan fingerprint density at radius 3 is 2.44 bits per heavy atom. The van der Waals surface area contributed by atoms with Crippen LogP contribution in [0.25, 0.3) is 0 Å². The standard InChI is InChI=1S/C13H23IO2/c1-10(14)9-13(2,3)12(15)16-11-7-5-4-6-8-11/h10-11H,4-9H2,1-3H3. The molecule has 0 aromatic rings. The molecule has 2 nitrogen and oxygen atoms in total. The minimum absolute atomic E-state index is 0.0112. The summed E-state index contributed by atoms with van der Waals surface area (Å²) in [5, 5.41) is 0. The van der Waals surface area contributed by atoms with Gasteiger partial charge in [-0.1, -0.05) is 35.9 Å². The molecule has 1 rings (SSSR count). The van der Waals surface area contributed by atoms with Crippen LogP contribution >= 0.6 is 22.6 Å². The molecule has 0 aromatic carbocycles. The summed E-state index contributed by atoms with van der Waals surface area (Å²) < 4.78 is 6.12. The fourth-order valence-corrected chi connectivity index (χ4v) is 3.38. The maximum Gasteiger partial charge on any atom is 0.311 e. The van der Waals surface area contributed by atoms with Gasteiger partial charge in [0.2, 0.25) is 0 Å². The highest BCUT2D eigenvalue weighted by molar-refractivity contribution is 14.1. The molecule has 16 heavy (non-hydrogen) atoms. The van der Waals surface area contributed by atoms with Gasteiger partial charge in [-0.05, 0) is 46.0 Å². The lowest BCUT2D eigenvalue weighted by molar-refractivity contribution is -0.161. The van der Waals surface area contributed by atoms with Crippen LogP contribution in [0.1, 0.15) is 59.3 Å². The van der Waals surface area contributed by atoms with Gasteiger partial charge in [-0.25, -0.2) is 0 Å². The number of esters is 1. The van der Waals surface area contributed by atoms with Crippen molar-refractivity contribution in [2.24, 2.45) is 5.41 Å². The average Bonchev–Trinajstić information content (AvgIpc) is 2.17. The molecule has 0 radical (unpaired) electrons. The zero-order chi connectivity index (χ0) is 12.2. The second-order valence-electron chi connectivity index (χ2n) is 5.53. The fraction of sp³-hybridized carbons (Fsp3) is 0.923. The quantitative estimate of drug-likeness (QED) is 0.438. The van der Waals surface area contributed by atoms with Crippen LogP contribution in [0.3, 0.4) is 0 Å².